The van der Waals surface area contributed by atoms with E-state index >= 15 is 0 Å². The zero-order valence-corrected chi connectivity index (χ0v) is 20.3. The maximum Gasteiger partial charge on any atom is 0.340 e. The van der Waals surface area contributed by atoms with Crippen molar-refractivity contribution < 1.29 is 19.1 Å². The molecule has 0 aliphatic carbocycles. The van der Waals surface area contributed by atoms with Crippen LogP contribution in [0.3, 0.4) is 0 Å². The van der Waals surface area contributed by atoms with Crippen LogP contribution in [0.5, 0.6) is 5.75 Å². The van der Waals surface area contributed by atoms with E-state index in [0.29, 0.717) is 21.5 Å². The van der Waals surface area contributed by atoms with Gasteiger partial charge in [0.2, 0.25) is 5.91 Å². The van der Waals surface area contributed by atoms with Crippen molar-refractivity contribution in [1.82, 2.24) is 14.8 Å². The average Bonchev–Trinajstić information content (AvgIpc) is 3.34. The molecule has 0 fully saturated rings. The molecule has 1 unspecified atom stereocenters. The second kappa shape index (κ2) is 10.6. The number of carbonyl (C=O) groups excluding carboxylic acids is 2. The first-order valence-electron chi connectivity index (χ1n) is 10.1. The Kier molecular flexibility index (Phi) is 7.92. The number of aromatic nitrogens is 3. The number of rotatable bonds is 9. The van der Waals surface area contributed by atoms with Crippen molar-refractivity contribution in [3.8, 4) is 5.75 Å². The van der Waals surface area contributed by atoms with E-state index in [1.165, 1.54) is 30.2 Å². The Morgan fingerprint density at radius 3 is 2.75 bits per heavy atom. The Labute approximate surface area is 195 Å². The Morgan fingerprint density at radius 2 is 2.06 bits per heavy atom. The summed E-state index contributed by atoms with van der Waals surface area (Å²) in [5.74, 6) is 0.841. The van der Waals surface area contributed by atoms with Crippen LogP contribution in [0.2, 0.25) is 0 Å². The lowest BCUT2D eigenvalue weighted by Crippen LogP contribution is -2.16. The van der Waals surface area contributed by atoms with Gasteiger partial charge in [0.25, 0.3) is 0 Å². The first kappa shape index (κ1) is 23.8. The second-order valence-corrected chi connectivity index (χ2v) is 9.19. The van der Waals surface area contributed by atoms with E-state index in [1.54, 1.807) is 6.07 Å². The summed E-state index contributed by atoms with van der Waals surface area (Å²) >= 11 is 2.64. The van der Waals surface area contributed by atoms with E-state index in [9.17, 15) is 9.59 Å². The molecule has 0 radical (unpaired) electrons. The number of hydrogen-bond donors (Lipinski definition) is 1. The van der Waals surface area contributed by atoms with Gasteiger partial charge in [0.1, 0.15) is 10.8 Å². The predicted octanol–water partition coefficient (Wildman–Crippen LogP) is 4.40. The summed E-state index contributed by atoms with van der Waals surface area (Å²) < 4.78 is 12.6. The normalized spacial score (nSPS) is 11.8. The van der Waals surface area contributed by atoms with Crippen molar-refractivity contribution in [2.45, 2.75) is 38.5 Å². The number of esters is 1. The van der Waals surface area contributed by atoms with Crippen molar-refractivity contribution in [2.75, 3.05) is 18.2 Å². The molecule has 8 nitrogen and oxygen atoms in total. The first-order chi connectivity index (χ1) is 15.3. The summed E-state index contributed by atoms with van der Waals surface area (Å²) in [6.45, 7) is 5.90. The molecule has 10 heteroatoms. The number of anilines is 1. The molecule has 1 atom stereocenters. The van der Waals surface area contributed by atoms with E-state index in [4.69, 9.17) is 9.47 Å². The third-order valence-corrected chi connectivity index (χ3v) is 6.87. The number of nitrogens with one attached hydrogen (secondary N) is 1. The van der Waals surface area contributed by atoms with Crippen LogP contribution in [0.1, 0.15) is 46.6 Å². The molecule has 170 valence electrons. The van der Waals surface area contributed by atoms with Crippen LogP contribution in [0.25, 0.3) is 0 Å². The molecule has 0 bridgehead atoms. The highest BCUT2D eigenvalue weighted by Gasteiger charge is 2.20. The van der Waals surface area contributed by atoms with E-state index in [-0.39, 0.29) is 17.8 Å². The summed E-state index contributed by atoms with van der Waals surface area (Å²) in [5.41, 5.74) is 1.48. The Morgan fingerprint density at radius 1 is 1.28 bits per heavy atom. The van der Waals surface area contributed by atoms with Gasteiger partial charge < -0.3 is 19.4 Å². The SMILES string of the molecule is CCc1cc(C(=O)OC)c(NC(=O)CSc2nnc(C(C)Oc3cccc(C)c3)n2C)s1. The van der Waals surface area contributed by atoms with Crippen LogP contribution < -0.4 is 10.1 Å². The maximum atomic E-state index is 12.5. The molecular weight excluding hydrogens is 448 g/mol. The molecule has 1 aromatic carbocycles. The third-order valence-electron chi connectivity index (χ3n) is 4.66. The minimum Gasteiger partial charge on any atom is -0.483 e. The van der Waals surface area contributed by atoms with Gasteiger partial charge in [0.15, 0.2) is 17.1 Å². The van der Waals surface area contributed by atoms with Gasteiger partial charge in [-0.1, -0.05) is 30.8 Å². The van der Waals surface area contributed by atoms with Crippen molar-refractivity contribution in [1.29, 1.82) is 0 Å². The van der Waals surface area contributed by atoms with Crippen molar-refractivity contribution in [2.24, 2.45) is 7.05 Å². The van der Waals surface area contributed by atoms with Gasteiger partial charge >= 0.3 is 5.97 Å². The third kappa shape index (κ3) is 5.68. The highest BCUT2D eigenvalue weighted by molar-refractivity contribution is 7.99. The molecule has 0 saturated heterocycles. The van der Waals surface area contributed by atoms with E-state index in [1.807, 2.05) is 56.7 Å². The molecule has 1 N–H and O–H groups in total. The van der Waals surface area contributed by atoms with Gasteiger partial charge in [-0.15, -0.1) is 21.5 Å². The Bertz CT molecular complexity index is 1110. The fraction of sp³-hybridized carbons (Fsp3) is 0.364. The lowest BCUT2D eigenvalue weighted by Gasteiger charge is -2.14. The number of aryl methyl sites for hydroxylation is 2. The van der Waals surface area contributed by atoms with Gasteiger partial charge in [-0.05, 0) is 44.0 Å². The quantitative estimate of drug-likeness (QED) is 0.363. The van der Waals surface area contributed by atoms with Gasteiger partial charge in [0, 0.05) is 11.9 Å². The van der Waals surface area contributed by atoms with E-state index in [2.05, 4.69) is 15.5 Å². The summed E-state index contributed by atoms with van der Waals surface area (Å²) in [4.78, 5) is 25.5. The minimum atomic E-state index is -0.468. The Balaban J connectivity index is 1.62. The van der Waals surface area contributed by atoms with Crippen LogP contribution in [-0.2, 0) is 23.0 Å². The van der Waals surface area contributed by atoms with Crippen LogP contribution in [0.4, 0.5) is 5.00 Å². The molecule has 0 saturated carbocycles. The number of amides is 1. The number of thioether (sulfide) groups is 1. The molecule has 3 rings (SSSR count). The van der Waals surface area contributed by atoms with Gasteiger partial charge in [0.05, 0.1) is 18.4 Å². The van der Waals surface area contributed by atoms with Crippen LogP contribution in [0, 0.1) is 6.92 Å². The lowest BCUT2D eigenvalue weighted by atomic mass is 10.2. The summed E-state index contributed by atoms with van der Waals surface area (Å²) in [6, 6.07) is 9.56. The molecule has 0 aliphatic heterocycles. The number of nitrogens with zero attached hydrogens (tertiary/aromatic N) is 3. The predicted molar refractivity (Wildman–Crippen MR) is 126 cm³/mol. The number of thiophene rings is 1. The highest BCUT2D eigenvalue weighted by atomic mass is 32.2. The van der Waals surface area contributed by atoms with Crippen molar-refractivity contribution >= 4 is 40.0 Å². The number of benzene rings is 1. The minimum absolute atomic E-state index is 0.124. The highest BCUT2D eigenvalue weighted by Crippen LogP contribution is 2.30. The summed E-state index contributed by atoms with van der Waals surface area (Å²) in [6.07, 6.45) is 0.461. The smallest absolute Gasteiger partial charge is 0.340 e. The topological polar surface area (TPSA) is 95.3 Å². The van der Waals surface area contributed by atoms with E-state index in [0.717, 1.165) is 22.6 Å². The largest absolute Gasteiger partial charge is 0.483 e. The fourth-order valence-corrected chi connectivity index (χ4v) is 4.73. The molecule has 2 aromatic heterocycles. The maximum absolute atomic E-state index is 12.5. The van der Waals surface area contributed by atoms with Crippen LogP contribution in [0.15, 0.2) is 35.5 Å². The fourth-order valence-electron chi connectivity index (χ4n) is 3.01. The van der Waals surface area contributed by atoms with Gasteiger partial charge in [-0.2, -0.15) is 0 Å². The Hall–Kier alpha value is -2.85. The molecule has 0 aliphatic rings. The van der Waals surface area contributed by atoms with Crippen LogP contribution in [-0.4, -0.2) is 39.5 Å². The zero-order valence-electron chi connectivity index (χ0n) is 18.7. The van der Waals surface area contributed by atoms with Gasteiger partial charge in [-0.3, -0.25) is 4.79 Å². The van der Waals surface area contributed by atoms with Crippen LogP contribution >= 0.6 is 23.1 Å². The summed E-state index contributed by atoms with van der Waals surface area (Å²) in [5, 5.41) is 12.3. The standard InChI is InChI=1S/C22H26N4O4S2/c1-6-16-11-17(21(28)29-5)20(32-16)23-18(27)12-31-22-25-24-19(26(22)4)14(3)30-15-9-7-8-13(2)10-15/h7-11,14H,6,12H2,1-5H3,(H,23,27). The number of hydrogen-bond acceptors (Lipinski definition) is 8. The molecule has 1 amide bonds. The molecule has 3 aromatic rings. The number of ether oxygens (including phenoxy) is 2. The molecule has 2 heterocycles. The zero-order chi connectivity index (χ0) is 23.3. The average molecular weight is 475 g/mol. The number of carbonyl (C=O) groups is 2. The summed E-state index contributed by atoms with van der Waals surface area (Å²) in [7, 11) is 3.16. The van der Waals surface area contributed by atoms with Gasteiger partial charge in [-0.25, -0.2) is 4.79 Å². The van der Waals surface area contributed by atoms with Crippen molar-refractivity contribution in [3.63, 3.8) is 0 Å². The lowest BCUT2D eigenvalue weighted by molar-refractivity contribution is -0.113. The van der Waals surface area contributed by atoms with E-state index < -0.39 is 5.97 Å². The molecular formula is C22H26N4O4S2. The second-order valence-electron chi connectivity index (χ2n) is 7.11. The molecule has 32 heavy (non-hydrogen) atoms. The first-order valence-corrected chi connectivity index (χ1v) is 11.9. The van der Waals surface area contributed by atoms with Crippen molar-refractivity contribution in [3.05, 3.63) is 52.2 Å². The monoisotopic (exact) mass is 474 g/mol. The number of methoxy groups -OCH3 is 1. The molecule has 0 spiro atoms.